The zero-order valence-electron chi connectivity index (χ0n) is 10.2. The number of amides is 2. The smallest absolute Gasteiger partial charge is 0.317 e. The van der Waals surface area contributed by atoms with Crippen LogP contribution in [0.4, 0.5) is 4.79 Å². The number of benzene rings is 1. The normalized spacial score (nSPS) is 15.5. The first kappa shape index (κ1) is 13.6. The highest BCUT2D eigenvalue weighted by atomic mass is 35.5. The summed E-state index contributed by atoms with van der Waals surface area (Å²) in [6.45, 7) is 2.39. The minimum Gasteiger partial charge on any atom is -0.338 e. The van der Waals surface area contributed by atoms with E-state index in [0.717, 1.165) is 36.0 Å². The molecule has 2 rings (SSSR count). The summed E-state index contributed by atoms with van der Waals surface area (Å²) in [6, 6.07) is 7.79. The summed E-state index contributed by atoms with van der Waals surface area (Å²) < 4.78 is 0. The maximum Gasteiger partial charge on any atom is 0.317 e. The molecular formula is C13H17ClN2OS. The number of nitrogens with one attached hydrogen (secondary N) is 1. The quantitative estimate of drug-likeness (QED) is 0.925. The number of urea groups is 1. The molecule has 0 atom stereocenters. The largest absolute Gasteiger partial charge is 0.338 e. The predicted octanol–water partition coefficient (Wildman–Crippen LogP) is 2.64. The third-order valence-corrected chi connectivity index (χ3v) is 4.10. The van der Waals surface area contributed by atoms with E-state index >= 15 is 0 Å². The highest BCUT2D eigenvalue weighted by Gasteiger charge is 2.15. The monoisotopic (exact) mass is 284 g/mol. The molecule has 0 spiro atoms. The van der Waals surface area contributed by atoms with Crippen LogP contribution in [0.3, 0.4) is 0 Å². The van der Waals surface area contributed by atoms with Crippen molar-refractivity contribution >= 4 is 29.4 Å². The van der Waals surface area contributed by atoms with Crippen molar-refractivity contribution in [2.45, 2.75) is 6.42 Å². The highest BCUT2D eigenvalue weighted by molar-refractivity contribution is 7.99. The number of nitrogens with zero attached hydrogens (tertiary/aromatic N) is 1. The van der Waals surface area contributed by atoms with Crippen LogP contribution in [0.2, 0.25) is 5.02 Å². The Morgan fingerprint density at radius 3 is 2.61 bits per heavy atom. The van der Waals surface area contributed by atoms with Crippen molar-refractivity contribution in [1.82, 2.24) is 10.2 Å². The Labute approximate surface area is 117 Å². The van der Waals surface area contributed by atoms with E-state index in [-0.39, 0.29) is 6.03 Å². The Morgan fingerprint density at radius 1 is 1.28 bits per heavy atom. The molecule has 0 aromatic heterocycles. The summed E-state index contributed by atoms with van der Waals surface area (Å²) in [5.74, 6) is 2.09. The lowest BCUT2D eigenvalue weighted by Crippen LogP contribution is -2.44. The van der Waals surface area contributed by atoms with Crippen LogP contribution in [0.25, 0.3) is 0 Å². The number of carbonyl (C=O) groups is 1. The Balaban J connectivity index is 1.71. The minimum absolute atomic E-state index is 0.0595. The zero-order valence-corrected chi connectivity index (χ0v) is 11.8. The molecule has 0 radical (unpaired) electrons. The van der Waals surface area contributed by atoms with Gasteiger partial charge >= 0.3 is 6.03 Å². The second-order valence-electron chi connectivity index (χ2n) is 4.21. The topological polar surface area (TPSA) is 32.3 Å². The fourth-order valence-corrected chi connectivity index (χ4v) is 2.87. The molecule has 98 valence electrons. The molecule has 2 amide bonds. The van der Waals surface area contributed by atoms with Crippen LogP contribution < -0.4 is 5.32 Å². The molecule has 1 heterocycles. The molecule has 0 aliphatic carbocycles. The van der Waals surface area contributed by atoms with Gasteiger partial charge in [0, 0.05) is 36.2 Å². The van der Waals surface area contributed by atoms with E-state index in [9.17, 15) is 4.79 Å². The summed E-state index contributed by atoms with van der Waals surface area (Å²) >= 11 is 7.72. The van der Waals surface area contributed by atoms with Crippen LogP contribution in [0.5, 0.6) is 0 Å². The fraction of sp³-hybridized carbons (Fsp3) is 0.462. The lowest BCUT2D eigenvalue weighted by molar-refractivity contribution is 0.203. The van der Waals surface area contributed by atoms with Crippen LogP contribution in [-0.2, 0) is 6.42 Å². The van der Waals surface area contributed by atoms with E-state index in [2.05, 4.69) is 5.32 Å². The Hall–Kier alpha value is -0.870. The lowest BCUT2D eigenvalue weighted by atomic mass is 10.1. The molecule has 0 bridgehead atoms. The zero-order chi connectivity index (χ0) is 12.8. The predicted molar refractivity (Wildman–Crippen MR) is 77.5 cm³/mol. The van der Waals surface area contributed by atoms with E-state index in [4.69, 9.17) is 11.6 Å². The molecule has 1 aliphatic rings. The number of rotatable bonds is 3. The van der Waals surface area contributed by atoms with E-state index < -0.39 is 0 Å². The maximum absolute atomic E-state index is 11.8. The van der Waals surface area contributed by atoms with Crippen LogP contribution in [0.15, 0.2) is 24.3 Å². The first-order chi connectivity index (χ1) is 8.75. The summed E-state index contributed by atoms with van der Waals surface area (Å²) in [5, 5.41) is 3.70. The van der Waals surface area contributed by atoms with Gasteiger partial charge in [0.25, 0.3) is 0 Å². The van der Waals surface area contributed by atoms with Crippen LogP contribution >= 0.6 is 23.4 Å². The van der Waals surface area contributed by atoms with Gasteiger partial charge in [0.15, 0.2) is 0 Å². The summed E-state index contributed by atoms with van der Waals surface area (Å²) in [5.41, 5.74) is 1.19. The van der Waals surface area contributed by atoms with Gasteiger partial charge in [-0.25, -0.2) is 4.79 Å². The highest BCUT2D eigenvalue weighted by Crippen LogP contribution is 2.10. The van der Waals surface area contributed by atoms with Gasteiger partial charge in [-0.1, -0.05) is 23.7 Å². The molecule has 18 heavy (non-hydrogen) atoms. The second kappa shape index (κ2) is 6.90. The van der Waals surface area contributed by atoms with E-state index in [1.807, 2.05) is 40.9 Å². The third kappa shape index (κ3) is 4.10. The SMILES string of the molecule is O=C(NCCc1ccc(Cl)cc1)N1CCSCC1. The average molecular weight is 285 g/mol. The van der Waals surface area contributed by atoms with Gasteiger partial charge in [0.1, 0.15) is 0 Å². The number of thioether (sulfide) groups is 1. The second-order valence-corrected chi connectivity index (χ2v) is 5.87. The first-order valence-corrected chi connectivity index (χ1v) is 7.64. The van der Waals surface area contributed by atoms with Crippen molar-refractivity contribution < 1.29 is 4.79 Å². The number of halogens is 1. The van der Waals surface area contributed by atoms with Crippen LogP contribution in [-0.4, -0.2) is 42.1 Å². The third-order valence-electron chi connectivity index (χ3n) is 2.90. The van der Waals surface area contributed by atoms with Gasteiger partial charge < -0.3 is 10.2 Å². The number of carbonyl (C=O) groups excluding carboxylic acids is 1. The number of hydrogen-bond donors (Lipinski definition) is 1. The molecule has 1 aromatic carbocycles. The van der Waals surface area contributed by atoms with Crippen molar-refractivity contribution in [1.29, 1.82) is 0 Å². The van der Waals surface area contributed by atoms with Crippen molar-refractivity contribution in [3.63, 3.8) is 0 Å². The number of hydrogen-bond acceptors (Lipinski definition) is 2. The van der Waals surface area contributed by atoms with Crippen LogP contribution in [0.1, 0.15) is 5.56 Å². The first-order valence-electron chi connectivity index (χ1n) is 6.10. The molecule has 1 fully saturated rings. The fourth-order valence-electron chi connectivity index (χ4n) is 1.84. The maximum atomic E-state index is 11.8. The molecule has 5 heteroatoms. The summed E-state index contributed by atoms with van der Waals surface area (Å²) in [6.07, 6.45) is 0.839. The van der Waals surface area contributed by atoms with Gasteiger partial charge in [0.05, 0.1) is 0 Å². The molecule has 1 aromatic rings. The van der Waals surface area contributed by atoms with Crippen molar-refractivity contribution in [3.05, 3.63) is 34.9 Å². The van der Waals surface area contributed by atoms with Gasteiger partial charge in [-0.05, 0) is 24.1 Å². The Morgan fingerprint density at radius 2 is 1.94 bits per heavy atom. The lowest BCUT2D eigenvalue weighted by Gasteiger charge is -2.26. The minimum atomic E-state index is 0.0595. The molecule has 1 saturated heterocycles. The Bertz CT molecular complexity index is 390. The van der Waals surface area contributed by atoms with Crippen molar-refractivity contribution in [2.75, 3.05) is 31.1 Å². The van der Waals surface area contributed by atoms with E-state index in [1.165, 1.54) is 5.56 Å². The Kier molecular flexibility index (Phi) is 5.20. The summed E-state index contributed by atoms with van der Waals surface area (Å²) in [7, 11) is 0. The molecule has 1 N–H and O–H groups in total. The summed E-state index contributed by atoms with van der Waals surface area (Å²) in [4.78, 5) is 13.7. The van der Waals surface area contributed by atoms with Gasteiger partial charge in [-0.15, -0.1) is 0 Å². The van der Waals surface area contributed by atoms with Crippen molar-refractivity contribution in [3.8, 4) is 0 Å². The van der Waals surface area contributed by atoms with Gasteiger partial charge in [0.2, 0.25) is 0 Å². The van der Waals surface area contributed by atoms with E-state index in [0.29, 0.717) is 6.54 Å². The molecule has 0 unspecified atom stereocenters. The van der Waals surface area contributed by atoms with Crippen LogP contribution in [0, 0.1) is 0 Å². The van der Waals surface area contributed by atoms with Gasteiger partial charge in [-0.2, -0.15) is 11.8 Å². The van der Waals surface area contributed by atoms with Crippen molar-refractivity contribution in [2.24, 2.45) is 0 Å². The molecule has 3 nitrogen and oxygen atoms in total. The molecule has 0 saturated carbocycles. The van der Waals surface area contributed by atoms with Gasteiger partial charge in [-0.3, -0.25) is 0 Å². The average Bonchev–Trinajstić information content (AvgIpc) is 2.42. The molecular weight excluding hydrogens is 268 g/mol. The molecule has 1 aliphatic heterocycles. The standard InChI is InChI=1S/C13H17ClN2OS/c14-12-3-1-11(2-4-12)5-6-15-13(17)16-7-9-18-10-8-16/h1-4H,5-10H2,(H,15,17). The van der Waals surface area contributed by atoms with E-state index in [1.54, 1.807) is 0 Å².